The average molecular weight is 313 g/mol. The van der Waals surface area contributed by atoms with Gasteiger partial charge in [-0.2, -0.15) is 0 Å². The predicted octanol–water partition coefficient (Wildman–Crippen LogP) is 3.63. The van der Waals surface area contributed by atoms with Crippen molar-refractivity contribution in [3.8, 4) is 0 Å². The van der Waals surface area contributed by atoms with Gasteiger partial charge in [-0.15, -0.1) is 0 Å². The Labute approximate surface area is 120 Å². The molecule has 2 heterocycles. The first-order valence-electron chi connectivity index (χ1n) is 6.45. The summed E-state index contributed by atoms with van der Waals surface area (Å²) in [6.07, 6.45) is 0. The SMILES string of the molecule is Brc1ccc([C@@H]2[C@@H]3C(c4ccccc4)=NCN23)cc1. The van der Waals surface area contributed by atoms with Crippen LogP contribution in [-0.4, -0.2) is 23.3 Å². The monoisotopic (exact) mass is 312 g/mol. The van der Waals surface area contributed by atoms with E-state index in [0.29, 0.717) is 12.1 Å². The molecule has 0 aliphatic carbocycles. The highest BCUT2D eigenvalue weighted by atomic mass is 79.9. The molecule has 3 heteroatoms. The Morgan fingerprint density at radius 2 is 1.68 bits per heavy atom. The van der Waals surface area contributed by atoms with Crippen LogP contribution in [-0.2, 0) is 0 Å². The fourth-order valence-corrected chi connectivity index (χ4v) is 3.18. The Morgan fingerprint density at radius 3 is 2.42 bits per heavy atom. The Kier molecular flexibility index (Phi) is 2.57. The summed E-state index contributed by atoms with van der Waals surface area (Å²) in [5.41, 5.74) is 3.89. The largest absolute Gasteiger partial charge is 0.272 e. The Morgan fingerprint density at radius 1 is 0.947 bits per heavy atom. The lowest BCUT2D eigenvalue weighted by atomic mass is 10.0. The van der Waals surface area contributed by atoms with Crippen molar-refractivity contribution in [3.63, 3.8) is 0 Å². The van der Waals surface area contributed by atoms with Crippen LogP contribution in [0, 0.1) is 0 Å². The molecule has 0 spiro atoms. The van der Waals surface area contributed by atoms with E-state index in [2.05, 4.69) is 80.4 Å². The van der Waals surface area contributed by atoms with Crippen molar-refractivity contribution in [2.24, 2.45) is 4.99 Å². The van der Waals surface area contributed by atoms with Gasteiger partial charge in [0.2, 0.25) is 0 Å². The Hall–Kier alpha value is -1.45. The average Bonchev–Trinajstić information content (AvgIpc) is 3.00. The smallest absolute Gasteiger partial charge is 0.0925 e. The van der Waals surface area contributed by atoms with Crippen LogP contribution >= 0.6 is 15.9 Å². The molecule has 94 valence electrons. The molecular weight excluding hydrogens is 300 g/mol. The predicted molar refractivity (Wildman–Crippen MR) is 80.4 cm³/mol. The first kappa shape index (κ1) is 11.4. The van der Waals surface area contributed by atoms with Gasteiger partial charge >= 0.3 is 0 Å². The van der Waals surface area contributed by atoms with Crippen LogP contribution in [0.2, 0.25) is 0 Å². The van der Waals surface area contributed by atoms with Crippen LogP contribution < -0.4 is 0 Å². The molecule has 19 heavy (non-hydrogen) atoms. The second-order valence-corrected chi connectivity index (χ2v) is 5.92. The minimum Gasteiger partial charge on any atom is -0.272 e. The fraction of sp³-hybridized carbons (Fsp3) is 0.188. The fourth-order valence-electron chi connectivity index (χ4n) is 2.91. The number of nitrogens with zero attached hydrogens (tertiary/aromatic N) is 2. The maximum absolute atomic E-state index is 4.66. The van der Waals surface area contributed by atoms with Crippen molar-refractivity contribution in [2.75, 3.05) is 6.67 Å². The van der Waals surface area contributed by atoms with Gasteiger partial charge in [-0.1, -0.05) is 58.4 Å². The summed E-state index contributed by atoms with van der Waals surface area (Å²) in [5.74, 6) is 0. The molecular formula is C16H13BrN2. The van der Waals surface area contributed by atoms with Gasteiger partial charge in [0, 0.05) is 4.47 Å². The first-order chi connectivity index (χ1) is 9.34. The number of halogens is 1. The number of aliphatic imine (C=N–C) groups is 1. The van der Waals surface area contributed by atoms with Crippen molar-refractivity contribution >= 4 is 21.6 Å². The molecule has 0 aromatic heterocycles. The molecule has 2 aromatic rings. The van der Waals surface area contributed by atoms with Crippen LogP contribution in [0.5, 0.6) is 0 Å². The van der Waals surface area contributed by atoms with Gasteiger partial charge in [-0.3, -0.25) is 9.89 Å². The molecule has 1 fully saturated rings. The molecule has 2 aliphatic heterocycles. The summed E-state index contributed by atoms with van der Waals surface area (Å²) in [6.45, 7) is 0.829. The highest BCUT2D eigenvalue weighted by Gasteiger charge is 2.54. The van der Waals surface area contributed by atoms with Crippen LogP contribution in [0.15, 0.2) is 64.1 Å². The molecule has 0 saturated carbocycles. The maximum Gasteiger partial charge on any atom is 0.0925 e. The standard InChI is InChI=1S/C16H13BrN2/c17-13-8-6-12(7-9-13)15-16-14(18-10-19(15)16)11-4-2-1-3-5-11/h1-9,15-16H,10H2/t15-,16+,19?/m1/s1. The van der Waals surface area contributed by atoms with Gasteiger partial charge in [-0.25, -0.2) is 0 Å². The summed E-state index contributed by atoms with van der Waals surface area (Å²) in [5, 5.41) is 0. The highest BCUT2D eigenvalue weighted by molar-refractivity contribution is 9.10. The van der Waals surface area contributed by atoms with E-state index in [-0.39, 0.29) is 0 Å². The summed E-state index contributed by atoms with van der Waals surface area (Å²) in [7, 11) is 0. The van der Waals surface area contributed by atoms with Crippen LogP contribution in [0.1, 0.15) is 17.2 Å². The van der Waals surface area contributed by atoms with Gasteiger partial charge in [0.15, 0.2) is 0 Å². The minimum absolute atomic E-state index is 0.476. The normalized spacial score (nSPS) is 27.8. The number of hydrogen-bond acceptors (Lipinski definition) is 2. The van der Waals surface area contributed by atoms with E-state index in [1.165, 1.54) is 16.8 Å². The van der Waals surface area contributed by atoms with E-state index in [1.807, 2.05) is 0 Å². The molecule has 2 nitrogen and oxygen atoms in total. The molecule has 1 saturated heterocycles. The summed E-state index contributed by atoms with van der Waals surface area (Å²) in [4.78, 5) is 7.10. The second kappa shape index (κ2) is 4.29. The lowest BCUT2D eigenvalue weighted by molar-refractivity contribution is 0.539. The van der Waals surface area contributed by atoms with Gasteiger partial charge in [-0.05, 0) is 23.3 Å². The lowest BCUT2D eigenvalue weighted by Crippen LogP contribution is -2.08. The van der Waals surface area contributed by atoms with Crippen molar-refractivity contribution in [2.45, 2.75) is 12.1 Å². The molecule has 2 aromatic carbocycles. The molecule has 3 atom stereocenters. The molecule has 0 bridgehead atoms. The topological polar surface area (TPSA) is 15.4 Å². The highest BCUT2D eigenvalue weighted by Crippen LogP contribution is 2.47. The summed E-state index contributed by atoms with van der Waals surface area (Å²) >= 11 is 3.49. The molecule has 0 amide bonds. The molecule has 0 radical (unpaired) electrons. The molecule has 0 N–H and O–H groups in total. The summed E-state index contributed by atoms with van der Waals surface area (Å²) < 4.78 is 1.13. The second-order valence-electron chi connectivity index (χ2n) is 5.01. The van der Waals surface area contributed by atoms with E-state index in [0.717, 1.165) is 11.1 Å². The lowest BCUT2D eigenvalue weighted by Gasteiger charge is -2.05. The van der Waals surface area contributed by atoms with Gasteiger partial charge in [0.05, 0.1) is 24.5 Å². The van der Waals surface area contributed by atoms with Crippen molar-refractivity contribution < 1.29 is 0 Å². The third-order valence-corrected chi connectivity index (χ3v) is 4.42. The third-order valence-electron chi connectivity index (χ3n) is 3.89. The third kappa shape index (κ3) is 1.85. The van der Waals surface area contributed by atoms with Crippen LogP contribution in [0.4, 0.5) is 0 Å². The summed E-state index contributed by atoms with van der Waals surface area (Å²) in [6, 6.07) is 20.1. The van der Waals surface area contributed by atoms with Crippen molar-refractivity contribution in [1.29, 1.82) is 0 Å². The van der Waals surface area contributed by atoms with E-state index in [9.17, 15) is 0 Å². The zero-order valence-electron chi connectivity index (χ0n) is 10.3. The Bertz CT molecular complexity index is 634. The number of hydrogen-bond donors (Lipinski definition) is 0. The minimum atomic E-state index is 0.476. The van der Waals surface area contributed by atoms with Gasteiger partial charge < -0.3 is 0 Å². The van der Waals surface area contributed by atoms with E-state index in [1.54, 1.807) is 0 Å². The van der Waals surface area contributed by atoms with Crippen molar-refractivity contribution in [1.82, 2.24) is 4.90 Å². The Balaban J connectivity index is 1.62. The van der Waals surface area contributed by atoms with E-state index in [4.69, 9.17) is 0 Å². The van der Waals surface area contributed by atoms with E-state index >= 15 is 0 Å². The zero-order valence-corrected chi connectivity index (χ0v) is 11.9. The van der Waals surface area contributed by atoms with Crippen LogP contribution in [0.3, 0.4) is 0 Å². The van der Waals surface area contributed by atoms with Gasteiger partial charge in [0.25, 0.3) is 0 Å². The van der Waals surface area contributed by atoms with Crippen molar-refractivity contribution in [3.05, 3.63) is 70.2 Å². The number of rotatable bonds is 2. The maximum atomic E-state index is 4.66. The molecule has 1 unspecified atom stereocenters. The van der Waals surface area contributed by atoms with Crippen LogP contribution in [0.25, 0.3) is 0 Å². The zero-order chi connectivity index (χ0) is 12.8. The number of benzene rings is 2. The number of fused-ring (bicyclic) bond motifs is 1. The van der Waals surface area contributed by atoms with E-state index < -0.39 is 0 Å². The first-order valence-corrected chi connectivity index (χ1v) is 7.25. The molecule has 4 rings (SSSR count). The molecule has 2 aliphatic rings. The van der Waals surface area contributed by atoms with Gasteiger partial charge in [0.1, 0.15) is 0 Å². The quantitative estimate of drug-likeness (QED) is 0.773.